The zero-order valence-corrected chi connectivity index (χ0v) is 16.8. The van der Waals surface area contributed by atoms with E-state index in [-0.39, 0.29) is 18.0 Å². The topological polar surface area (TPSA) is 79.2 Å². The van der Waals surface area contributed by atoms with Crippen molar-refractivity contribution in [2.24, 2.45) is 7.05 Å². The van der Waals surface area contributed by atoms with Crippen molar-refractivity contribution in [3.8, 4) is 0 Å². The summed E-state index contributed by atoms with van der Waals surface area (Å²) in [6.45, 7) is 4.72. The van der Waals surface area contributed by atoms with Gasteiger partial charge >= 0.3 is 0 Å². The van der Waals surface area contributed by atoms with E-state index in [9.17, 15) is 13.6 Å². The van der Waals surface area contributed by atoms with Crippen LogP contribution in [0.2, 0.25) is 0 Å². The van der Waals surface area contributed by atoms with Gasteiger partial charge < -0.3 is 10.2 Å². The first-order valence-electron chi connectivity index (χ1n) is 9.76. The first-order valence-corrected chi connectivity index (χ1v) is 9.76. The summed E-state index contributed by atoms with van der Waals surface area (Å²) >= 11 is 0. The molecule has 0 radical (unpaired) electrons. The van der Waals surface area contributed by atoms with Crippen LogP contribution >= 0.6 is 0 Å². The second kappa shape index (κ2) is 8.31. The van der Waals surface area contributed by atoms with Crippen LogP contribution in [0.4, 0.5) is 14.6 Å². The highest BCUT2D eigenvalue weighted by atomic mass is 19.1. The third-order valence-corrected chi connectivity index (χ3v) is 5.35. The van der Waals surface area contributed by atoms with Gasteiger partial charge in [-0.05, 0) is 13.0 Å². The average Bonchev–Trinajstić information content (AvgIpc) is 3.09. The van der Waals surface area contributed by atoms with E-state index in [0.717, 1.165) is 36.0 Å². The first kappa shape index (κ1) is 20.1. The maximum Gasteiger partial charge on any atom is 0.234 e. The molecule has 1 atom stereocenters. The van der Waals surface area contributed by atoms with Gasteiger partial charge in [0.05, 0.1) is 24.2 Å². The number of amides is 1. The molecule has 1 aliphatic rings. The molecule has 2 aromatic heterocycles. The number of rotatable bonds is 5. The predicted octanol–water partition coefficient (Wildman–Crippen LogP) is 1.64. The van der Waals surface area contributed by atoms with Gasteiger partial charge in [-0.2, -0.15) is 5.10 Å². The fourth-order valence-electron chi connectivity index (χ4n) is 3.74. The molecule has 8 nitrogen and oxygen atoms in total. The van der Waals surface area contributed by atoms with E-state index >= 15 is 0 Å². The molecule has 1 saturated heterocycles. The van der Waals surface area contributed by atoms with Gasteiger partial charge in [-0.3, -0.25) is 14.4 Å². The largest absolute Gasteiger partial charge is 0.353 e. The molecule has 3 heterocycles. The van der Waals surface area contributed by atoms with Gasteiger partial charge in [-0.1, -0.05) is 6.07 Å². The third-order valence-electron chi connectivity index (χ3n) is 5.35. The molecule has 1 fully saturated rings. The number of fused-ring (bicyclic) bond motifs is 1. The Labute approximate surface area is 172 Å². The van der Waals surface area contributed by atoms with Crippen LogP contribution in [0.15, 0.2) is 30.7 Å². The van der Waals surface area contributed by atoms with Gasteiger partial charge in [-0.25, -0.2) is 18.7 Å². The molecule has 1 aliphatic heterocycles. The van der Waals surface area contributed by atoms with Crippen molar-refractivity contribution in [2.45, 2.75) is 13.0 Å². The predicted molar refractivity (Wildman–Crippen MR) is 108 cm³/mol. The molecule has 3 aromatic rings. The van der Waals surface area contributed by atoms with Crippen LogP contribution in [0, 0.1) is 11.6 Å². The molecule has 0 bridgehead atoms. The summed E-state index contributed by atoms with van der Waals surface area (Å²) in [6.07, 6.45) is 3.30. The van der Waals surface area contributed by atoms with Crippen LogP contribution in [-0.2, 0) is 11.8 Å². The van der Waals surface area contributed by atoms with Crippen molar-refractivity contribution in [2.75, 3.05) is 37.6 Å². The van der Waals surface area contributed by atoms with Crippen molar-refractivity contribution < 1.29 is 13.6 Å². The van der Waals surface area contributed by atoms with Crippen LogP contribution in [0.25, 0.3) is 11.0 Å². The van der Waals surface area contributed by atoms with Gasteiger partial charge in [0.15, 0.2) is 5.65 Å². The van der Waals surface area contributed by atoms with Gasteiger partial charge in [-0.15, -0.1) is 0 Å². The number of hydrogen-bond donors (Lipinski definition) is 1. The lowest BCUT2D eigenvalue weighted by Crippen LogP contribution is -2.50. The van der Waals surface area contributed by atoms with E-state index in [1.54, 1.807) is 17.8 Å². The van der Waals surface area contributed by atoms with Crippen molar-refractivity contribution in [3.63, 3.8) is 0 Å². The minimum Gasteiger partial charge on any atom is -0.353 e. The van der Waals surface area contributed by atoms with E-state index in [1.807, 2.05) is 11.9 Å². The summed E-state index contributed by atoms with van der Waals surface area (Å²) in [5, 5.41) is 7.94. The number of aryl methyl sites for hydroxylation is 1. The van der Waals surface area contributed by atoms with Crippen LogP contribution in [0.3, 0.4) is 0 Å². The SMILES string of the molecule is CC(NC(=O)CN1CCN(c2ncnc3c2cnn3C)CC1)c1ccc(F)cc1F. The normalized spacial score (nSPS) is 16.1. The molecule has 1 N–H and O–H groups in total. The number of piperazine rings is 1. The van der Waals surface area contributed by atoms with Crippen LogP contribution in [-0.4, -0.2) is 63.3 Å². The minimum atomic E-state index is -0.664. The highest BCUT2D eigenvalue weighted by Gasteiger charge is 2.23. The van der Waals surface area contributed by atoms with Gasteiger partial charge in [0.1, 0.15) is 23.8 Å². The van der Waals surface area contributed by atoms with Gasteiger partial charge in [0.2, 0.25) is 5.91 Å². The molecule has 158 valence electrons. The summed E-state index contributed by atoms with van der Waals surface area (Å²) in [5.74, 6) is -0.656. The summed E-state index contributed by atoms with van der Waals surface area (Å²) in [7, 11) is 1.84. The third kappa shape index (κ3) is 4.09. The quantitative estimate of drug-likeness (QED) is 0.683. The molecular formula is C20H23F2N7O. The van der Waals surface area contributed by atoms with Crippen molar-refractivity contribution >= 4 is 22.8 Å². The Bertz CT molecular complexity index is 1060. The zero-order valence-electron chi connectivity index (χ0n) is 16.8. The van der Waals surface area contributed by atoms with E-state index < -0.39 is 17.7 Å². The fraction of sp³-hybridized carbons (Fsp3) is 0.400. The molecule has 0 saturated carbocycles. The smallest absolute Gasteiger partial charge is 0.234 e. The molecule has 1 amide bonds. The summed E-state index contributed by atoms with van der Waals surface area (Å²) in [5.41, 5.74) is 1.04. The van der Waals surface area contributed by atoms with E-state index in [2.05, 4.69) is 25.3 Å². The number of aromatic nitrogens is 4. The molecule has 0 aliphatic carbocycles. The van der Waals surface area contributed by atoms with Crippen molar-refractivity contribution in [3.05, 3.63) is 47.9 Å². The molecule has 1 aromatic carbocycles. The number of nitrogens with zero attached hydrogens (tertiary/aromatic N) is 6. The highest BCUT2D eigenvalue weighted by Crippen LogP contribution is 2.23. The Hall–Kier alpha value is -3.14. The summed E-state index contributed by atoms with van der Waals surface area (Å²) in [6, 6.07) is 2.82. The first-order chi connectivity index (χ1) is 14.4. The maximum atomic E-state index is 13.9. The number of nitrogens with one attached hydrogen (secondary N) is 1. The Morgan fingerprint density at radius 1 is 1.20 bits per heavy atom. The number of carbonyl (C=O) groups is 1. The molecule has 1 unspecified atom stereocenters. The van der Waals surface area contributed by atoms with E-state index in [0.29, 0.717) is 13.1 Å². The average molecular weight is 415 g/mol. The Morgan fingerprint density at radius 3 is 2.70 bits per heavy atom. The van der Waals surface area contributed by atoms with Crippen molar-refractivity contribution in [1.82, 2.24) is 30.0 Å². The maximum absolute atomic E-state index is 13.9. The number of hydrogen-bond acceptors (Lipinski definition) is 6. The number of benzene rings is 1. The lowest BCUT2D eigenvalue weighted by Gasteiger charge is -2.35. The van der Waals surface area contributed by atoms with E-state index in [1.165, 1.54) is 18.5 Å². The Balaban J connectivity index is 1.32. The van der Waals surface area contributed by atoms with Crippen LogP contribution in [0.5, 0.6) is 0 Å². The molecule has 10 heteroatoms. The Morgan fingerprint density at radius 2 is 1.97 bits per heavy atom. The zero-order chi connectivity index (χ0) is 21.3. The van der Waals surface area contributed by atoms with Gasteiger partial charge in [0, 0.05) is 44.9 Å². The number of carbonyl (C=O) groups excluding carboxylic acids is 1. The second-order valence-electron chi connectivity index (χ2n) is 7.42. The molecule has 4 rings (SSSR count). The number of halogens is 2. The number of anilines is 1. The lowest BCUT2D eigenvalue weighted by atomic mass is 10.1. The Kier molecular flexibility index (Phi) is 5.58. The lowest BCUT2D eigenvalue weighted by molar-refractivity contribution is -0.123. The molecular weight excluding hydrogens is 392 g/mol. The van der Waals surface area contributed by atoms with Crippen LogP contribution < -0.4 is 10.2 Å². The minimum absolute atomic E-state index is 0.198. The van der Waals surface area contributed by atoms with Crippen LogP contribution in [0.1, 0.15) is 18.5 Å². The fourth-order valence-corrected chi connectivity index (χ4v) is 3.74. The second-order valence-corrected chi connectivity index (χ2v) is 7.42. The van der Waals surface area contributed by atoms with Crippen molar-refractivity contribution in [1.29, 1.82) is 0 Å². The molecule has 30 heavy (non-hydrogen) atoms. The van der Waals surface area contributed by atoms with Gasteiger partial charge in [0.25, 0.3) is 0 Å². The molecule has 0 spiro atoms. The standard InChI is InChI=1S/C20H23F2N7O/c1-13(15-4-3-14(21)9-17(15)22)26-18(30)11-28-5-7-29(8-6-28)20-16-10-25-27(2)19(16)23-12-24-20/h3-4,9-10,12-13H,5-8,11H2,1-2H3,(H,26,30). The summed E-state index contributed by atoms with van der Waals surface area (Å²) < 4.78 is 28.7. The monoisotopic (exact) mass is 415 g/mol. The highest BCUT2D eigenvalue weighted by molar-refractivity contribution is 5.86. The van der Waals surface area contributed by atoms with E-state index in [4.69, 9.17) is 0 Å². The summed E-state index contributed by atoms with van der Waals surface area (Å²) in [4.78, 5) is 25.3.